The summed E-state index contributed by atoms with van der Waals surface area (Å²) < 4.78 is 1.06. The number of rotatable bonds is 3. The minimum atomic E-state index is -1.19. The van der Waals surface area contributed by atoms with Crippen LogP contribution in [0.25, 0.3) is 11.8 Å². The van der Waals surface area contributed by atoms with Gasteiger partial charge in [-0.25, -0.2) is 4.79 Å². The molecule has 1 aromatic carbocycles. The van der Waals surface area contributed by atoms with Crippen molar-refractivity contribution in [3.8, 4) is 11.4 Å². The van der Waals surface area contributed by atoms with E-state index in [9.17, 15) is 14.7 Å². The van der Waals surface area contributed by atoms with E-state index in [0.29, 0.717) is 10.7 Å². The Hall–Kier alpha value is -2.60. The van der Waals surface area contributed by atoms with E-state index < -0.39 is 17.3 Å². The summed E-state index contributed by atoms with van der Waals surface area (Å²) in [5.74, 6) is -1.58. The topological polar surface area (TPSA) is 92.4 Å². The lowest BCUT2D eigenvalue weighted by molar-refractivity contribution is -0.131. The van der Waals surface area contributed by atoms with Crippen molar-refractivity contribution in [3.05, 3.63) is 57.0 Å². The molecule has 0 fully saturated rings. The number of nitrogens with zero attached hydrogens (tertiary/aromatic N) is 2. The van der Waals surface area contributed by atoms with Crippen LogP contribution in [0.3, 0.4) is 0 Å². The molecule has 0 unspecified atom stereocenters. The number of carboxylic acids is 1. The van der Waals surface area contributed by atoms with Crippen LogP contribution >= 0.6 is 11.6 Å². The Kier molecular flexibility index (Phi) is 4.09. The molecule has 0 atom stereocenters. The zero-order valence-corrected chi connectivity index (χ0v) is 11.7. The number of carboxylic acid groups (broad SMARTS) is 1. The average Bonchev–Trinajstić information content (AvgIpc) is 2.41. The largest absolute Gasteiger partial charge is 0.505 e. The van der Waals surface area contributed by atoms with Crippen molar-refractivity contribution < 1.29 is 15.0 Å². The van der Waals surface area contributed by atoms with Gasteiger partial charge in [-0.1, -0.05) is 17.7 Å². The maximum absolute atomic E-state index is 12.0. The fraction of sp³-hybridized carbons (Fsp3) is 0.0714. The third-order valence-corrected chi connectivity index (χ3v) is 2.96. The zero-order chi connectivity index (χ0) is 15.6. The third kappa shape index (κ3) is 3.29. The minimum Gasteiger partial charge on any atom is -0.505 e. The van der Waals surface area contributed by atoms with E-state index in [1.807, 2.05) is 0 Å². The predicted molar refractivity (Wildman–Crippen MR) is 77.9 cm³/mol. The number of hydrogen-bond acceptors (Lipinski definition) is 4. The first kappa shape index (κ1) is 14.8. The maximum Gasteiger partial charge on any atom is 0.328 e. The van der Waals surface area contributed by atoms with Crippen LogP contribution in [0.4, 0.5) is 0 Å². The Morgan fingerprint density at radius 1 is 1.38 bits per heavy atom. The summed E-state index contributed by atoms with van der Waals surface area (Å²) in [6.07, 6.45) is 1.93. The van der Waals surface area contributed by atoms with E-state index in [4.69, 9.17) is 16.7 Å². The second-order valence-electron chi connectivity index (χ2n) is 4.27. The number of halogens is 1. The van der Waals surface area contributed by atoms with Crippen LogP contribution in [0.1, 0.15) is 11.3 Å². The molecule has 108 valence electrons. The van der Waals surface area contributed by atoms with Gasteiger partial charge in [0.05, 0.1) is 5.69 Å². The molecule has 6 nitrogen and oxygen atoms in total. The quantitative estimate of drug-likeness (QED) is 0.846. The van der Waals surface area contributed by atoms with Gasteiger partial charge >= 0.3 is 5.97 Å². The summed E-state index contributed by atoms with van der Waals surface area (Å²) in [5, 5.41) is 22.7. The first-order chi connectivity index (χ1) is 9.88. The highest BCUT2D eigenvalue weighted by Gasteiger charge is 2.10. The number of aliphatic carboxylic acids is 1. The second-order valence-corrected chi connectivity index (χ2v) is 4.70. The number of aromatic hydroxyl groups is 1. The highest BCUT2D eigenvalue weighted by Crippen LogP contribution is 2.19. The summed E-state index contributed by atoms with van der Waals surface area (Å²) in [7, 11) is 0. The first-order valence-electron chi connectivity index (χ1n) is 5.89. The Morgan fingerprint density at radius 2 is 2.10 bits per heavy atom. The van der Waals surface area contributed by atoms with Crippen LogP contribution < -0.4 is 5.56 Å². The summed E-state index contributed by atoms with van der Waals surface area (Å²) in [6.45, 7) is 1.78. The van der Waals surface area contributed by atoms with Crippen molar-refractivity contribution in [1.29, 1.82) is 0 Å². The van der Waals surface area contributed by atoms with E-state index in [-0.39, 0.29) is 5.69 Å². The molecule has 1 aromatic heterocycles. The van der Waals surface area contributed by atoms with Gasteiger partial charge in [-0.2, -0.15) is 9.78 Å². The normalized spacial score (nSPS) is 11.0. The summed E-state index contributed by atoms with van der Waals surface area (Å²) >= 11 is 5.91. The number of aromatic nitrogens is 2. The molecule has 0 bridgehead atoms. The highest BCUT2D eigenvalue weighted by atomic mass is 35.5. The van der Waals surface area contributed by atoms with Crippen molar-refractivity contribution in [2.75, 3.05) is 0 Å². The van der Waals surface area contributed by atoms with Gasteiger partial charge < -0.3 is 10.2 Å². The SMILES string of the molecule is Cc1ccc(Cl)cc1-n1nc(/C=C/C(=O)O)c(O)cc1=O. The average molecular weight is 307 g/mol. The lowest BCUT2D eigenvalue weighted by Gasteiger charge is -2.09. The van der Waals surface area contributed by atoms with Crippen LogP contribution in [-0.4, -0.2) is 26.0 Å². The van der Waals surface area contributed by atoms with Crippen LogP contribution in [-0.2, 0) is 4.79 Å². The summed E-state index contributed by atoms with van der Waals surface area (Å²) in [4.78, 5) is 22.5. The smallest absolute Gasteiger partial charge is 0.328 e. The van der Waals surface area contributed by atoms with Crippen molar-refractivity contribution in [2.45, 2.75) is 6.92 Å². The molecule has 1 heterocycles. The molecule has 0 saturated heterocycles. The lowest BCUT2D eigenvalue weighted by Crippen LogP contribution is -2.21. The minimum absolute atomic E-state index is 0.0311. The Morgan fingerprint density at radius 3 is 2.76 bits per heavy atom. The van der Waals surface area contributed by atoms with Gasteiger partial charge in [-0.3, -0.25) is 4.79 Å². The molecule has 0 amide bonds. The van der Waals surface area contributed by atoms with Crippen molar-refractivity contribution in [2.24, 2.45) is 0 Å². The lowest BCUT2D eigenvalue weighted by atomic mass is 10.2. The van der Waals surface area contributed by atoms with Gasteiger partial charge in [-0.05, 0) is 30.7 Å². The van der Waals surface area contributed by atoms with Gasteiger partial charge in [0.25, 0.3) is 5.56 Å². The van der Waals surface area contributed by atoms with Crippen molar-refractivity contribution in [3.63, 3.8) is 0 Å². The van der Waals surface area contributed by atoms with Crippen LogP contribution in [0, 0.1) is 6.92 Å². The van der Waals surface area contributed by atoms with Gasteiger partial charge in [0.1, 0.15) is 11.4 Å². The van der Waals surface area contributed by atoms with E-state index in [2.05, 4.69) is 5.10 Å². The van der Waals surface area contributed by atoms with Crippen molar-refractivity contribution in [1.82, 2.24) is 9.78 Å². The fourth-order valence-electron chi connectivity index (χ4n) is 1.71. The predicted octanol–water partition coefficient (Wildman–Crippen LogP) is 2.00. The third-order valence-electron chi connectivity index (χ3n) is 2.72. The first-order valence-corrected chi connectivity index (χ1v) is 6.27. The van der Waals surface area contributed by atoms with Crippen LogP contribution in [0.5, 0.6) is 5.75 Å². The fourth-order valence-corrected chi connectivity index (χ4v) is 1.88. The molecule has 0 radical (unpaired) electrons. The molecule has 7 heteroatoms. The molecule has 0 saturated carbocycles. The van der Waals surface area contributed by atoms with E-state index in [0.717, 1.165) is 28.5 Å². The summed E-state index contributed by atoms with van der Waals surface area (Å²) in [6, 6.07) is 5.93. The Labute approximate surface area is 124 Å². The molecule has 0 aliphatic rings. The number of benzene rings is 1. The summed E-state index contributed by atoms with van der Waals surface area (Å²) in [5.41, 5.74) is 0.632. The number of hydrogen-bond donors (Lipinski definition) is 2. The molecular weight excluding hydrogens is 296 g/mol. The van der Waals surface area contributed by atoms with Gasteiger partial charge in [0.15, 0.2) is 0 Å². The van der Waals surface area contributed by atoms with E-state index in [1.165, 1.54) is 0 Å². The highest BCUT2D eigenvalue weighted by molar-refractivity contribution is 6.30. The van der Waals surface area contributed by atoms with Crippen LogP contribution in [0.2, 0.25) is 5.02 Å². The van der Waals surface area contributed by atoms with Crippen molar-refractivity contribution >= 4 is 23.6 Å². The molecule has 0 aliphatic carbocycles. The maximum atomic E-state index is 12.0. The molecular formula is C14H11ClN2O4. The molecule has 2 rings (SSSR count). The van der Waals surface area contributed by atoms with Gasteiger partial charge in [0, 0.05) is 17.2 Å². The molecule has 2 N–H and O–H groups in total. The second kappa shape index (κ2) is 5.80. The van der Waals surface area contributed by atoms with Gasteiger partial charge in [-0.15, -0.1) is 0 Å². The molecule has 0 spiro atoms. The Bertz CT molecular complexity index is 796. The van der Waals surface area contributed by atoms with Gasteiger partial charge in [0.2, 0.25) is 0 Å². The number of aryl methyl sites for hydroxylation is 1. The van der Waals surface area contributed by atoms with E-state index in [1.54, 1.807) is 25.1 Å². The zero-order valence-electron chi connectivity index (χ0n) is 10.9. The van der Waals surface area contributed by atoms with Crippen LogP contribution in [0.15, 0.2) is 35.1 Å². The number of carbonyl (C=O) groups is 1. The Balaban J connectivity index is 2.64. The molecule has 2 aromatic rings. The van der Waals surface area contributed by atoms with E-state index >= 15 is 0 Å². The molecule has 21 heavy (non-hydrogen) atoms. The monoisotopic (exact) mass is 306 g/mol. The standard InChI is InChI=1S/C14H11ClN2O4/c1-8-2-3-9(15)6-11(8)17-13(19)7-12(18)10(16-17)4-5-14(20)21/h2-7,18H,1H3,(H,20,21)/b5-4+. The molecule has 0 aliphatic heterocycles.